The van der Waals surface area contributed by atoms with Gasteiger partial charge in [0.05, 0.1) is 26.6 Å². The number of nitrogens with zero attached hydrogens (tertiary/aromatic N) is 2. The molecule has 1 heterocycles. The van der Waals surface area contributed by atoms with Gasteiger partial charge in [-0.2, -0.15) is 0 Å². The van der Waals surface area contributed by atoms with E-state index < -0.39 is 17.9 Å². The first-order valence-electron chi connectivity index (χ1n) is 7.52. The molecule has 8 nitrogen and oxygen atoms in total. The van der Waals surface area contributed by atoms with Gasteiger partial charge in [0.2, 0.25) is 11.8 Å². The van der Waals surface area contributed by atoms with E-state index in [-0.39, 0.29) is 43.8 Å². The van der Waals surface area contributed by atoms with Crippen molar-refractivity contribution in [1.29, 1.82) is 0 Å². The van der Waals surface area contributed by atoms with Crippen molar-refractivity contribution in [2.75, 3.05) is 33.9 Å². The average Bonchev–Trinajstić information content (AvgIpc) is 2.92. The number of ether oxygens (including phenoxy) is 2. The number of carbonyl (C=O) groups excluding carboxylic acids is 4. The van der Waals surface area contributed by atoms with E-state index in [0.717, 1.165) is 0 Å². The van der Waals surface area contributed by atoms with Gasteiger partial charge in [-0.25, -0.2) is 0 Å². The molecule has 1 unspecified atom stereocenters. The van der Waals surface area contributed by atoms with Gasteiger partial charge in [0.1, 0.15) is 6.54 Å². The molecule has 0 aromatic rings. The molecule has 0 aromatic heterocycles. The zero-order chi connectivity index (χ0) is 17.6. The lowest BCUT2D eigenvalue weighted by Gasteiger charge is -2.25. The lowest BCUT2D eigenvalue weighted by atomic mass is 10.1. The van der Waals surface area contributed by atoms with Crippen LogP contribution in [0.1, 0.15) is 26.7 Å². The van der Waals surface area contributed by atoms with Crippen molar-refractivity contribution in [2.45, 2.75) is 32.7 Å². The first-order valence-corrected chi connectivity index (χ1v) is 7.52. The van der Waals surface area contributed by atoms with E-state index in [1.807, 2.05) is 13.8 Å². The minimum absolute atomic E-state index is 0.0180. The molecule has 0 aliphatic carbocycles. The van der Waals surface area contributed by atoms with E-state index in [0.29, 0.717) is 6.54 Å². The van der Waals surface area contributed by atoms with Gasteiger partial charge < -0.3 is 19.3 Å². The second-order valence-corrected chi connectivity index (χ2v) is 5.70. The average molecular weight is 328 g/mol. The molecular formula is C15H24N2O6. The van der Waals surface area contributed by atoms with Crippen molar-refractivity contribution >= 4 is 23.8 Å². The van der Waals surface area contributed by atoms with Crippen molar-refractivity contribution < 1.29 is 28.7 Å². The highest BCUT2D eigenvalue weighted by atomic mass is 16.5. The molecule has 0 bridgehead atoms. The SMILES string of the molecule is COC(=O)CCN(CC(=O)OC)C(=O)C1CC(=O)N(C(C)C)C1. The summed E-state index contributed by atoms with van der Waals surface area (Å²) in [5, 5.41) is 0. The first-order chi connectivity index (χ1) is 10.8. The Morgan fingerprint density at radius 3 is 2.30 bits per heavy atom. The molecule has 1 atom stereocenters. The number of likely N-dealkylation sites (tertiary alicyclic amines) is 1. The molecule has 2 amide bonds. The molecule has 23 heavy (non-hydrogen) atoms. The van der Waals surface area contributed by atoms with Crippen LogP contribution in [0.3, 0.4) is 0 Å². The zero-order valence-corrected chi connectivity index (χ0v) is 14.0. The van der Waals surface area contributed by atoms with Crippen molar-refractivity contribution in [3.63, 3.8) is 0 Å². The third-order valence-corrected chi connectivity index (χ3v) is 3.80. The lowest BCUT2D eigenvalue weighted by Crippen LogP contribution is -2.42. The van der Waals surface area contributed by atoms with Gasteiger partial charge in [-0.15, -0.1) is 0 Å². The van der Waals surface area contributed by atoms with E-state index in [9.17, 15) is 19.2 Å². The van der Waals surface area contributed by atoms with Crippen molar-refractivity contribution in [2.24, 2.45) is 5.92 Å². The van der Waals surface area contributed by atoms with Gasteiger partial charge >= 0.3 is 11.9 Å². The Bertz CT molecular complexity index is 477. The second kappa shape index (κ2) is 8.50. The van der Waals surface area contributed by atoms with Crippen LogP contribution in [0.4, 0.5) is 0 Å². The maximum Gasteiger partial charge on any atom is 0.325 e. The van der Waals surface area contributed by atoms with E-state index in [1.165, 1.54) is 19.1 Å². The molecule has 1 saturated heterocycles. The molecular weight excluding hydrogens is 304 g/mol. The molecule has 1 aliphatic heterocycles. The summed E-state index contributed by atoms with van der Waals surface area (Å²) < 4.78 is 9.13. The Morgan fingerprint density at radius 2 is 1.83 bits per heavy atom. The minimum Gasteiger partial charge on any atom is -0.469 e. The Morgan fingerprint density at radius 1 is 1.22 bits per heavy atom. The molecule has 0 radical (unpaired) electrons. The minimum atomic E-state index is -0.576. The first kappa shape index (κ1) is 18.9. The summed E-state index contributed by atoms with van der Waals surface area (Å²) in [7, 11) is 2.48. The van der Waals surface area contributed by atoms with Crippen molar-refractivity contribution in [1.82, 2.24) is 9.80 Å². The summed E-state index contributed by atoms with van der Waals surface area (Å²) in [6.07, 6.45) is 0.0979. The molecule has 1 aliphatic rings. The Hall–Kier alpha value is -2.12. The largest absolute Gasteiger partial charge is 0.469 e. The van der Waals surface area contributed by atoms with Crippen LogP contribution in [-0.4, -0.2) is 73.4 Å². The number of methoxy groups -OCH3 is 2. The van der Waals surface area contributed by atoms with Crippen LogP contribution in [0, 0.1) is 5.92 Å². The summed E-state index contributed by atoms with van der Waals surface area (Å²) >= 11 is 0. The molecule has 1 fully saturated rings. The molecule has 8 heteroatoms. The topological polar surface area (TPSA) is 93.2 Å². The predicted octanol–water partition coefficient (Wildman–Crippen LogP) is -0.192. The number of rotatable bonds is 7. The highest BCUT2D eigenvalue weighted by molar-refractivity contribution is 5.91. The maximum atomic E-state index is 12.6. The van der Waals surface area contributed by atoms with Crippen LogP contribution < -0.4 is 0 Å². The van der Waals surface area contributed by atoms with E-state index in [2.05, 4.69) is 9.47 Å². The number of esters is 2. The normalized spacial score (nSPS) is 17.3. The molecule has 0 aromatic carbocycles. The van der Waals surface area contributed by atoms with Crippen LogP contribution >= 0.6 is 0 Å². The van der Waals surface area contributed by atoms with Crippen molar-refractivity contribution in [3.8, 4) is 0 Å². The van der Waals surface area contributed by atoms with Crippen LogP contribution in [0.15, 0.2) is 0 Å². The van der Waals surface area contributed by atoms with E-state index in [1.54, 1.807) is 4.90 Å². The molecule has 0 saturated carbocycles. The van der Waals surface area contributed by atoms with Gasteiger partial charge in [0.25, 0.3) is 0 Å². The summed E-state index contributed by atoms with van der Waals surface area (Å²) in [6.45, 7) is 3.89. The van der Waals surface area contributed by atoms with E-state index in [4.69, 9.17) is 0 Å². The van der Waals surface area contributed by atoms with Crippen LogP contribution in [-0.2, 0) is 28.7 Å². The quantitative estimate of drug-likeness (QED) is 0.601. The number of carbonyl (C=O) groups is 4. The van der Waals surface area contributed by atoms with Crippen LogP contribution in [0.5, 0.6) is 0 Å². The fourth-order valence-electron chi connectivity index (χ4n) is 2.47. The molecule has 0 N–H and O–H groups in total. The van der Waals surface area contributed by atoms with Gasteiger partial charge in [-0.3, -0.25) is 19.2 Å². The highest BCUT2D eigenvalue weighted by Crippen LogP contribution is 2.22. The molecule has 130 valence electrons. The Balaban J connectivity index is 2.76. The number of hydrogen-bond acceptors (Lipinski definition) is 6. The van der Waals surface area contributed by atoms with Gasteiger partial charge in [0, 0.05) is 25.6 Å². The number of hydrogen-bond donors (Lipinski definition) is 0. The van der Waals surface area contributed by atoms with Gasteiger partial charge in [-0.1, -0.05) is 0 Å². The predicted molar refractivity (Wildman–Crippen MR) is 80.2 cm³/mol. The Labute approximate surface area is 135 Å². The summed E-state index contributed by atoms with van der Waals surface area (Å²) in [4.78, 5) is 50.2. The Kier molecular flexibility index (Phi) is 6.99. The smallest absolute Gasteiger partial charge is 0.325 e. The number of amides is 2. The summed E-state index contributed by atoms with van der Waals surface area (Å²) in [6, 6.07) is 0.0180. The second-order valence-electron chi connectivity index (χ2n) is 5.70. The standard InChI is InChI=1S/C15H24N2O6/c1-10(2)17-8-11(7-12(17)18)15(21)16(9-14(20)23-4)6-5-13(19)22-3/h10-11H,5-9H2,1-4H3. The summed E-state index contributed by atoms with van der Waals surface area (Å²) in [5.41, 5.74) is 0. The van der Waals surface area contributed by atoms with Crippen molar-refractivity contribution in [3.05, 3.63) is 0 Å². The molecule has 1 rings (SSSR count). The summed E-state index contributed by atoms with van der Waals surface area (Å²) in [5.74, 6) is -1.96. The lowest BCUT2D eigenvalue weighted by molar-refractivity contribution is -0.150. The third-order valence-electron chi connectivity index (χ3n) is 3.80. The third kappa shape index (κ3) is 5.22. The van der Waals surface area contributed by atoms with Crippen LogP contribution in [0.25, 0.3) is 0 Å². The fraction of sp³-hybridized carbons (Fsp3) is 0.733. The monoisotopic (exact) mass is 328 g/mol. The van der Waals surface area contributed by atoms with Gasteiger partial charge in [0.15, 0.2) is 0 Å². The van der Waals surface area contributed by atoms with Crippen LogP contribution in [0.2, 0.25) is 0 Å². The highest BCUT2D eigenvalue weighted by Gasteiger charge is 2.38. The zero-order valence-electron chi connectivity index (χ0n) is 14.0. The molecule has 0 spiro atoms. The fourth-order valence-corrected chi connectivity index (χ4v) is 2.47. The maximum absolute atomic E-state index is 12.6. The van der Waals surface area contributed by atoms with Gasteiger partial charge in [-0.05, 0) is 13.8 Å². The van der Waals surface area contributed by atoms with E-state index >= 15 is 0 Å².